The first-order valence-corrected chi connectivity index (χ1v) is 14.8. The van der Waals surface area contributed by atoms with Gasteiger partial charge in [0, 0.05) is 17.0 Å². The van der Waals surface area contributed by atoms with Crippen molar-refractivity contribution >= 4 is 23.1 Å². The number of hydrogen-bond acceptors (Lipinski definition) is 5. The first-order chi connectivity index (χ1) is 20.5. The number of benzene rings is 3. The lowest BCUT2D eigenvalue weighted by molar-refractivity contribution is -0.140. The number of carbonyl (C=O) groups is 2. The molecule has 0 aromatic heterocycles. The number of benzodiazepines with no additional fused rings is 1. The van der Waals surface area contributed by atoms with Crippen LogP contribution in [0.4, 0.5) is 18.9 Å². The lowest BCUT2D eigenvalue weighted by Gasteiger charge is -2.33. The quantitative estimate of drug-likeness (QED) is 0.257. The molecule has 0 spiro atoms. The van der Waals surface area contributed by atoms with Crippen molar-refractivity contribution in [2.45, 2.75) is 69.9 Å². The molecule has 43 heavy (non-hydrogen) atoms. The zero-order valence-corrected chi connectivity index (χ0v) is 24.1. The average molecular weight is 592 g/mol. The molecule has 1 saturated carbocycles. The van der Waals surface area contributed by atoms with Crippen LogP contribution in [0.2, 0.25) is 0 Å². The third-order valence-electron chi connectivity index (χ3n) is 8.29. The van der Waals surface area contributed by atoms with Crippen molar-refractivity contribution < 1.29 is 27.9 Å². The van der Waals surface area contributed by atoms with Crippen LogP contribution < -0.4 is 10.6 Å². The number of aliphatic hydroxyl groups excluding tert-OH is 1. The van der Waals surface area contributed by atoms with E-state index < -0.39 is 41.1 Å². The van der Waals surface area contributed by atoms with Crippen molar-refractivity contribution in [1.29, 1.82) is 0 Å². The highest BCUT2D eigenvalue weighted by Crippen LogP contribution is 2.40. The minimum absolute atomic E-state index is 0.0877. The standard InChI is InChI=1S/C34H36F3N3O3/c1-2-3-13-29(41)27(20-22-14-15-22)31(42)33(38)32(43)40(21-23-9-5-4-6-10-23)28-12-8-7-11-26(28)30(39-33)24-16-18-25(19-17-24)34(35,36)37/h4-12,16-19,22,27,29,41H,2-3,13-15,20-21,38H2,1H3/t27-,29+,33?/m1/s1. The zero-order chi connectivity index (χ0) is 30.8. The second-order valence-corrected chi connectivity index (χ2v) is 11.6. The first kappa shape index (κ1) is 30.6. The fraction of sp³-hybridized carbons (Fsp3) is 0.382. The number of alkyl halides is 3. The Kier molecular flexibility index (Phi) is 8.85. The van der Waals surface area contributed by atoms with Gasteiger partial charge in [0.15, 0.2) is 5.78 Å². The molecule has 1 amide bonds. The average Bonchev–Trinajstić information content (AvgIpc) is 3.84. The number of halogens is 3. The largest absolute Gasteiger partial charge is 0.416 e. The van der Waals surface area contributed by atoms with Crippen LogP contribution in [0.25, 0.3) is 0 Å². The highest BCUT2D eigenvalue weighted by atomic mass is 19.4. The molecule has 3 N–H and O–H groups in total. The molecule has 3 aromatic rings. The zero-order valence-electron chi connectivity index (χ0n) is 24.1. The maximum Gasteiger partial charge on any atom is 0.416 e. The number of carbonyl (C=O) groups excluding carboxylic acids is 2. The Hall–Kier alpha value is -3.82. The van der Waals surface area contributed by atoms with Crippen molar-refractivity contribution in [3.05, 3.63) is 101 Å². The van der Waals surface area contributed by atoms with E-state index in [0.717, 1.165) is 37.0 Å². The topological polar surface area (TPSA) is 96.0 Å². The van der Waals surface area contributed by atoms with Gasteiger partial charge in [-0.3, -0.25) is 15.3 Å². The summed E-state index contributed by atoms with van der Waals surface area (Å²) in [5, 5.41) is 11.2. The summed E-state index contributed by atoms with van der Waals surface area (Å²) < 4.78 is 40.2. The van der Waals surface area contributed by atoms with E-state index in [2.05, 4.69) is 4.99 Å². The molecule has 5 rings (SSSR count). The summed E-state index contributed by atoms with van der Waals surface area (Å²) in [5.41, 5.74) is 5.68. The summed E-state index contributed by atoms with van der Waals surface area (Å²) in [6, 6.07) is 20.6. The number of ketones is 1. The van der Waals surface area contributed by atoms with Crippen LogP contribution in [0, 0.1) is 11.8 Å². The molecule has 1 heterocycles. The predicted octanol–water partition coefficient (Wildman–Crippen LogP) is 6.28. The minimum atomic E-state index is -4.54. The van der Waals surface area contributed by atoms with Gasteiger partial charge in [-0.05, 0) is 42.5 Å². The molecule has 3 atom stereocenters. The van der Waals surface area contributed by atoms with E-state index in [4.69, 9.17) is 5.73 Å². The van der Waals surface area contributed by atoms with E-state index in [1.807, 2.05) is 37.3 Å². The van der Waals surface area contributed by atoms with Gasteiger partial charge in [0.25, 0.3) is 5.91 Å². The van der Waals surface area contributed by atoms with Crippen LogP contribution in [-0.2, 0) is 22.3 Å². The number of para-hydroxylation sites is 1. The fourth-order valence-corrected chi connectivity index (χ4v) is 5.68. The summed E-state index contributed by atoms with van der Waals surface area (Å²) in [6.07, 6.45) is -1.37. The predicted molar refractivity (Wildman–Crippen MR) is 159 cm³/mol. The number of hydrogen-bond donors (Lipinski definition) is 2. The van der Waals surface area contributed by atoms with E-state index in [1.165, 1.54) is 17.0 Å². The number of amides is 1. The van der Waals surface area contributed by atoms with Gasteiger partial charge in [0.05, 0.1) is 29.6 Å². The number of unbranched alkanes of at least 4 members (excludes halogenated alkanes) is 1. The van der Waals surface area contributed by atoms with Crippen molar-refractivity contribution in [3.63, 3.8) is 0 Å². The molecule has 0 radical (unpaired) electrons. The van der Waals surface area contributed by atoms with Gasteiger partial charge in [-0.2, -0.15) is 13.2 Å². The van der Waals surface area contributed by atoms with Gasteiger partial charge in [-0.25, -0.2) is 4.99 Å². The van der Waals surface area contributed by atoms with Crippen molar-refractivity contribution in [1.82, 2.24) is 0 Å². The Morgan fingerprint density at radius 2 is 1.70 bits per heavy atom. The number of nitrogens with zero attached hydrogens (tertiary/aromatic N) is 2. The van der Waals surface area contributed by atoms with Crippen molar-refractivity contribution in [2.24, 2.45) is 22.6 Å². The molecule has 226 valence electrons. The molecular formula is C34H36F3N3O3. The van der Waals surface area contributed by atoms with Crippen LogP contribution in [0.15, 0.2) is 83.9 Å². The molecule has 0 saturated heterocycles. The highest BCUT2D eigenvalue weighted by molar-refractivity contribution is 6.26. The lowest BCUT2D eigenvalue weighted by Crippen LogP contribution is -2.62. The molecular weight excluding hydrogens is 555 g/mol. The number of anilines is 1. The summed E-state index contributed by atoms with van der Waals surface area (Å²) in [7, 11) is 0. The van der Waals surface area contributed by atoms with E-state index >= 15 is 0 Å². The van der Waals surface area contributed by atoms with Gasteiger partial charge >= 0.3 is 6.18 Å². The van der Waals surface area contributed by atoms with Crippen LogP contribution >= 0.6 is 0 Å². The Balaban J connectivity index is 1.67. The summed E-state index contributed by atoms with van der Waals surface area (Å²) in [5.74, 6) is -2.08. The fourth-order valence-electron chi connectivity index (χ4n) is 5.68. The van der Waals surface area contributed by atoms with Crippen LogP contribution in [0.3, 0.4) is 0 Å². The third-order valence-corrected chi connectivity index (χ3v) is 8.29. The molecule has 1 aliphatic carbocycles. The molecule has 9 heteroatoms. The summed E-state index contributed by atoms with van der Waals surface area (Å²) in [6.45, 7) is 2.08. The molecule has 0 bridgehead atoms. The minimum Gasteiger partial charge on any atom is -0.392 e. The van der Waals surface area contributed by atoms with Crippen molar-refractivity contribution in [2.75, 3.05) is 4.90 Å². The molecule has 3 aromatic carbocycles. The van der Waals surface area contributed by atoms with Gasteiger partial charge in [0.2, 0.25) is 5.66 Å². The second kappa shape index (κ2) is 12.4. The second-order valence-electron chi connectivity index (χ2n) is 11.6. The Labute approximate surface area is 249 Å². The highest BCUT2D eigenvalue weighted by Gasteiger charge is 2.52. The molecule has 1 aliphatic heterocycles. The van der Waals surface area contributed by atoms with Crippen molar-refractivity contribution in [3.8, 4) is 0 Å². The van der Waals surface area contributed by atoms with Crippen LogP contribution in [0.1, 0.15) is 67.7 Å². The van der Waals surface area contributed by atoms with E-state index in [-0.39, 0.29) is 23.7 Å². The number of fused-ring (bicyclic) bond motifs is 1. The molecule has 1 fully saturated rings. The van der Waals surface area contributed by atoms with E-state index in [1.54, 1.807) is 24.3 Å². The first-order valence-electron chi connectivity index (χ1n) is 14.8. The number of aliphatic imine (C=N–C) groups is 1. The SMILES string of the molecule is CCCC[C@H](O)[C@@H](CC1CC1)C(=O)C1(N)N=C(c2ccc(C(F)(F)F)cc2)c2ccccc2N(Cc2ccccc2)C1=O. The third kappa shape index (κ3) is 6.58. The molecule has 1 unspecified atom stereocenters. The lowest BCUT2D eigenvalue weighted by atomic mass is 9.82. The van der Waals surface area contributed by atoms with E-state index in [0.29, 0.717) is 30.5 Å². The maximum atomic E-state index is 14.5. The summed E-state index contributed by atoms with van der Waals surface area (Å²) >= 11 is 0. The number of Topliss-reactive ketones (excluding diaryl/α,β-unsaturated/α-hetero) is 1. The Morgan fingerprint density at radius 3 is 2.33 bits per heavy atom. The maximum absolute atomic E-state index is 14.5. The van der Waals surface area contributed by atoms with Gasteiger partial charge < -0.3 is 10.0 Å². The Bertz CT molecular complexity index is 1490. The number of aliphatic hydroxyl groups is 1. The number of nitrogens with two attached hydrogens (primary N) is 1. The Morgan fingerprint density at radius 1 is 1.05 bits per heavy atom. The monoisotopic (exact) mass is 591 g/mol. The normalized spacial score (nSPS) is 20.2. The van der Waals surface area contributed by atoms with E-state index in [9.17, 15) is 27.9 Å². The van der Waals surface area contributed by atoms with Crippen LogP contribution in [0.5, 0.6) is 0 Å². The summed E-state index contributed by atoms with van der Waals surface area (Å²) in [4.78, 5) is 35.1. The molecule has 2 aliphatic rings. The van der Waals surface area contributed by atoms with Gasteiger partial charge in [0.1, 0.15) is 0 Å². The van der Waals surface area contributed by atoms with Gasteiger partial charge in [-0.15, -0.1) is 0 Å². The van der Waals surface area contributed by atoms with Crippen LogP contribution in [-0.4, -0.2) is 34.3 Å². The smallest absolute Gasteiger partial charge is 0.392 e. The molecule has 6 nitrogen and oxygen atoms in total. The van der Waals surface area contributed by atoms with Gasteiger partial charge in [-0.1, -0.05) is 93.3 Å². The number of rotatable bonds is 11.